The largest absolute Gasteiger partial charge is 0.345 e. The van der Waals surface area contributed by atoms with E-state index in [9.17, 15) is 13.2 Å². The van der Waals surface area contributed by atoms with E-state index in [4.69, 9.17) is 11.6 Å². The van der Waals surface area contributed by atoms with Gasteiger partial charge in [-0.3, -0.25) is 9.48 Å². The number of aromatic nitrogens is 2. The second-order valence-corrected chi connectivity index (χ2v) is 7.78. The quantitative estimate of drug-likeness (QED) is 0.861. The van der Waals surface area contributed by atoms with E-state index in [-0.39, 0.29) is 11.4 Å². The van der Waals surface area contributed by atoms with Crippen molar-refractivity contribution in [3.8, 4) is 0 Å². The Balaban J connectivity index is 2.00. The third-order valence-corrected chi connectivity index (χ3v) is 5.33. The molecule has 1 aliphatic heterocycles. The topological polar surface area (TPSA) is 96.7 Å². The molecule has 1 aromatic heterocycles. The predicted octanol–water partition coefficient (Wildman–Crippen LogP) is 1.88. The van der Waals surface area contributed by atoms with Crippen LogP contribution in [0.3, 0.4) is 0 Å². The molecule has 0 spiro atoms. The number of hydrogen-bond donors (Lipinski definition) is 1. The van der Waals surface area contributed by atoms with Crippen LogP contribution in [0.15, 0.2) is 46.6 Å². The van der Waals surface area contributed by atoms with Gasteiger partial charge in [0, 0.05) is 36.6 Å². The molecule has 0 bridgehead atoms. The van der Waals surface area contributed by atoms with Crippen molar-refractivity contribution < 1.29 is 13.2 Å². The van der Waals surface area contributed by atoms with Crippen LogP contribution >= 0.6 is 11.6 Å². The number of carbonyl (C=O) groups excluding carboxylic acids is 1. The SMILES string of the molecule is Cc1nn(C)cc1C1=NS(=O)(=O)N(C)C(C(=O)Nc2cccc(Cl)c2)=C1. The highest BCUT2D eigenvalue weighted by Gasteiger charge is 2.31. The molecule has 0 radical (unpaired) electrons. The number of amides is 1. The lowest BCUT2D eigenvalue weighted by atomic mass is 10.1. The van der Waals surface area contributed by atoms with Crippen molar-refractivity contribution in [1.82, 2.24) is 14.1 Å². The maximum Gasteiger partial charge on any atom is 0.345 e. The Morgan fingerprint density at radius 2 is 2.00 bits per heavy atom. The summed E-state index contributed by atoms with van der Waals surface area (Å²) in [6, 6.07) is 6.57. The van der Waals surface area contributed by atoms with Crippen LogP contribution < -0.4 is 5.32 Å². The number of nitrogens with zero attached hydrogens (tertiary/aromatic N) is 4. The zero-order valence-corrected chi connectivity index (χ0v) is 15.8. The van der Waals surface area contributed by atoms with E-state index >= 15 is 0 Å². The number of carbonyl (C=O) groups is 1. The number of halogens is 1. The molecule has 0 unspecified atom stereocenters. The highest BCUT2D eigenvalue weighted by Crippen LogP contribution is 2.22. The van der Waals surface area contributed by atoms with Crippen molar-refractivity contribution >= 4 is 39.1 Å². The zero-order chi connectivity index (χ0) is 19.1. The summed E-state index contributed by atoms with van der Waals surface area (Å²) >= 11 is 5.91. The van der Waals surface area contributed by atoms with E-state index in [0.29, 0.717) is 22.0 Å². The summed E-state index contributed by atoms with van der Waals surface area (Å²) < 4.78 is 30.9. The van der Waals surface area contributed by atoms with E-state index in [1.54, 1.807) is 49.1 Å². The molecule has 0 atom stereocenters. The van der Waals surface area contributed by atoms with Gasteiger partial charge in [0.15, 0.2) is 0 Å². The molecule has 0 fully saturated rings. The number of allylic oxidation sites excluding steroid dienone is 1. The van der Waals surface area contributed by atoms with Crippen LogP contribution in [-0.2, 0) is 22.1 Å². The second kappa shape index (κ2) is 6.58. The molecule has 8 nitrogen and oxygen atoms in total. The molecule has 2 heterocycles. The molecule has 1 aliphatic rings. The fourth-order valence-electron chi connectivity index (χ4n) is 2.50. The monoisotopic (exact) mass is 393 g/mol. The van der Waals surface area contributed by atoms with Gasteiger partial charge in [0.1, 0.15) is 5.70 Å². The maximum absolute atomic E-state index is 12.6. The van der Waals surface area contributed by atoms with Gasteiger partial charge in [0.2, 0.25) is 0 Å². The first-order valence-corrected chi connectivity index (χ1v) is 9.33. The Bertz CT molecular complexity index is 1060. The van der Waals surface area contributed by atoms with Crippen LogP contribution in [0.25, 0.3) is 0 Å². The molecule has 2 aromatic rings. The van der Waals surface area contributed by atoms with Crippen molar-refractivity contribution in [2.45, 2.75) is 6.92 Å². The van der Waals surface area contributed by atoms with Gasteiger partial charge >= 0.3 is 10.2 Å². The Morgan fingerprint density at radius 1 is 1.27 bits per heavy atom. The van der Waals surface area contributed by atoms with Crippen LogP contribution in [0.2, 0.25) is 5.02 Å². The summed E-state index contributed by atoms with van der Waals surface area (Å²) in [5, 5.41) is 7.28. The van der Waals surface area contributed by atoms with Crippen LogP contribution in [-0.4, -0.2) is 41.2 Å². The minimum absolute atomic E-state index is 0.0572. The standard InChI is InChI=1S/C16H16ClN5O3S/c1-10-13(9-21(2)19-10)14-8-15(22(3)26(24,25)20-14)16(23)18-12-6-4-5-11(17)7-12/h4-9H,1-3H3,(H,18,23). The van der Waals surface area contributed by atoms with E-state index in [1.807, 2.05) is 0 Å². The lowest BCUT2D eigenvalue weighted by molar-refractivity contribution is -0.113. The minimum atomic E-state index is -4.03. The van der Waals surface area contributed by atoms with Crippen LogP contribution in [0.1, 0.15) is 11.3 Å². The van der Waals surface area contributed by atoms with Gasteiger partial charge in [-0.25, -0.2) is 4.31 Å². The molecule has 1 N–H and O–H groups in total. The summed E-state index contributed by atoms with van der Waals surface area (Å²) in [4.78, 5) is 12.6. The zero-order valence-electron chi connectivity index (χ0n) is 14.3. The van der Waals surface area contributed by atoms with E-state index in [1.165, 1.54) is 13.1 Å². The number of likely N-dealkylation sites (N-methyl/N-ethyl adjacent to an activating group) is 1. The lowest BCUT2D eigenvalue weighted by Gasteiger charge is -2.23. The van der Waals surface area contributed by atoms with E-state index in [2.05, 4.69) is 14.8 Å². The Hall–Kier alpha value is -2.65. The first kappa shape index (κ1) is 18.2. The molecule has 3 rings (SSSR count). The predicted molar refractivity (Wildman–Crippen MR) is 99.3 cm³/mol. The number of nitrogens with one attached hydrogen (secondary N) is 1. The first-order chi connectivity index (χ1) is 12.2. The Labute approximate surface area is 156 Å². The van der Waals surface area contributed by atoms with Crippen LogP contribution in [0, 0.1) is 6.92 Å². The average molecular weight is 394 g/mol. The molecule has 0 aliphatic carbocycles. The molecule has 136 valence electrons. The van der Waals surface area contributed by atoms with Gasteiger partial charge in [-0.05, 0) is 31.2 Å². The van der Waals surface area contributed by atoms with Gasteiger partial charge in [-0.2, -0.15) is 13.5 Å². The lowest BCUT2D eigenvalue weighted by Crippen LogP contribution is -2.35. The van der Waals surface area contributed by atoms with Crippen molar-refractivity contribution in [1.29, 1.82) is 0 Å². The van der Waals surface area contributed by atoms with Gasteiger partial charge in [0.05, 0.1) is 11.4 Å². The van der Waals surface area contributed by atoms with E-state index in [0.717, 1.165) is 4.31 Å². The smallest absolute Gasteiger partial charge is 0.321 e. The summed E-state index contributed by atoms with van der Waals surface area (Å²) in [7, 11) is -1.04. The summed E-state index contributed by atoms with van der Waals surface area (Å²) in [6.45, 7) is 1.74. The van der Waals surface area contributed by atoms with Gasteiger partial charge in [-0.15, -0.1) is 4.40 Å². The number of hydrogen-bond acceptors (Lipinski definition) is 4. The van der Waals surface area contributed by atoms with Crippen molar-refractivity contribution in [2.75, 3.05) is 12.4 Å². The maximum atomic E-state index is 12.6. The van der Waals surface area contributed by atoms with Crippen molar-refractivity contribution in [2.24, 2.45) is 11.4 Å². The number of aryl methyl sites for hydroxylation is 2. The van der Waals surface area contributed by atoms with Crippen LogP contribution in [0.4, 0.5) is 5.69 Å². The normalized spacial score (nSPS) is 16.1. The second-order valence-electron chi connectivity index (χ2n) is 5.72. The third-order valence-electron chi connectivity index (χ3n) is 3.78. The molecule has 10 heteroatoms. The van der Waals surface area contributed by atoms with Gasteiger partial charge < -0.3 is 5.32 Å². The molecule has 0 saturated carbocycles. The highest BCUT2D eigenvalue weighted by atomic mass is 35.5. The highest BCUT2D eigenvalue weighted by molar-refractivity contribution is 7.88. The fourth-order valence-corrected chi connectivity index (χ4v) is 3.60. The molecule has 1 aromatic carbocycles. The summed E-state index contributed by atoms with van der Waals surface area (Å²) in [5.74, 6) is -0.590. The summed E-state index contributed by atoms with van der Waals surface area (Å²) in [5.41, 5.74) is 1.70. The molecule has 0 saturated heterocycles. The molecular formula is C16H16ClN5O3S. The molecule has 26 heavy (non-hydrogen) atoms. The van der Waals surface area contributed by atoms with Crippen molar-refractivity contribution in [3.63, 3.8) is 0 Å². The fraction of sp³-hybridized carbons (Fsp3) is 0.188. The number of anilines is 1. The van der Waals surface area contributed by atoms with Gasteiger partial charge in [-0.1, -0.05) is 17.7 Å². The molecular weight excluding hydrogens is 378 g/mol. The molecule has 1 amide bonds. The number of benzene rings is 1. The van der Waals surface area contributed by atoms with Crippen LogP contribution in [0.5, 0.6) is 0 Å². The third kappa shape index (κ3) is 3.49. The summed E-state index contributed by atoms with van der Waals surface area (Å²) in [6.07, 6.45) is 3.07. The average Bonchev–Trinajstić information content (AvgIpc) is 2.88. The number of rotatable bonds is 3. The minimum Gasteiger partial charge on any atom is -0.321 e. The van der Waals surface area contributed by atoms with Gasteiger partial charge in [0.25, 0.3) is 5.91 Å². The Morgan fingerprint density at radius 3 is 2.62 bits per heavy atom. The first-order valence-electron chi connectivity index (χ1n) is 7.55. The van der Waals surface area contributed by atoms with Crippen molar-refractivity contribution in [3.05, 3.63) is 58.5 Å². The van der Waals surface area contributed by atoms with E-state index < -0.39 is 16.1 Å². The Kier molecular flexibility index (Phi) is 4.59.